The summed E-state index contributed by atoms with van der Waals surface area (Å²) in [6, 6.07) is 12.5. The SMILES string of the molecule is CCNC(=O)C(C)N(Cc1ccc(Br)cc1)C(=O)CCCN(c1cccc(C)c1C)S(C)(=O)=O. The van der Waals surface area contributed by atoms with Gasteiger partial charge in [-0.3, -0.25) is 13.9 Å². The third-order valence-electron chi connectivity index (χ3n) is 5.78. The summed E-state index contributed by atoms with van der Waals surface area (Å²) in [4.78, 5) is 27.3. The van der Waals surface area contributed by atoms with Gasteiger partial charge in [-0.25, -0.2) is 8.42 Å². The number of carbonyl (C=O) groups excluding carboxylic acids is 2. The van der Waals surface area contributed by atoms with E-state index in [2.05, 4.69) is 21.2 Å². The Morgan fingerprint density at radius 2 is 1.74 bits per heavy atom. The summed E-state index contributed by atoms with van der Waals surface area (Å²) in [5.41, 5.74) is 3.41. The summed E-state index contributed by atoms with van der Waals surface area (Å²) in [6.45, 7) is 8.31. The molecule has 0 fully saturated rings. The molecule has 1 N–H and O–H groups in total. The Balaban J connectivity index is 2.18. The van der Waals surface area contributed by atoms with Gasteiger partial charge >= 0.3 is 0 Å². The molecule has 1 unspecified atom stereocenters. The smallest absolute Gasteiger partial charge is 0.242 e. The Labute approximate surface area is 211 Å². The second-order valence-corrected chi connectivity index (χ2v) is 11.2. The maximum absolute atomic E-state index is 13.2. The molecule has 1 atom stereocenters. The van der Waals surface area contributed by atoms with Crippen LogP contribution in [0, 0.1) is 13.8 Å². The lowest BCUT2D eigenvalue weighted by Gasteiger charge is -2.29. The normalized spacial score (nSPS) is 12.2. The van der Waals surface area contributed by atoms with Gasteiger partial charge < -0.3 is 10.2 Å². The number of likely N-dealkylation sites (N-methyl/N-ethyl adjacent to an activating group) is 1. The number of hydrogen-bond acceptors (Lipinski definition) is 4. The second-order valence-electron chi connectivity index (χ2n) is 8.38. The van der Waals surface area contributed by atoms with Crippen LogP contribution >= 0.6 is 15.9 Å². The molecule has 186 valence electrons. The van der Waals surface area contributed by atoms with E-state index in [-0.39, 0.29) is 31.3 Å². The van der Waals surface area contributed by atoms with Crippen molar-refractivity contribution in [3.8, 4) is 0 Å². The first-order chi connectivity index (χ1) is 16.0. The molecule has 2 aromatic carbocycles. The van der Waals surface area contributed by atoms with Crippen molar-refractivity contribution in [1.82, 2.24) is 10.2 Å². The molecule has 34 heavy (non-hydrogen) atoms. The van der Waals surface area contributed by atoms with E-state index in [1.807, 2.05) is 57.2 Å². The zero-order chi connectivity index (χ0) is 25.5. The molecule has 0 bridgehead atoms. The van der Waals surface area contributed by atoms with E-state index in [4.69, 9.17) is 0 Å². The van der Waals surface area contributed by atoms with Crippen LogP contribution < -0.4 is 9.62 Å². The van der Waals surface area contributed by atoms with E-state index in [0.717, 1.165) is 21.2 Å². The molecule has 0 aliphatic heterocycles. The fourth-order valence-corrected chi connectivity index (χ4v) is 4.96. The largest absolute Gasteiger partial charge is 0.355 e. The molecule has 0 aliphatic carbocycles. The number of anilines is 1. The highest BCUT2D eigenvalue weighted by Gasteiger charge is 2.26. The van der Waals surface area contributed by atoms with Gasteiger partial charge in [0.05, 0.1) is 11.9 Å². The summed E-state index contributed by atoms with van der Waals surface area (Å²) >= 11 is 3.41. The van der Waals surface area contributed by atoms with Crippen LogP contribution in [0.3, 0.4) is 0 Å². The van der Waals surface area contributed by atoms with Gasteiger partial charge in [0, 0.05) is 30.5 Å². The molecule has 0 saturated heterocycles. The van der Waals surface area contributed by atoms with Crippen LogP contribution in [0.1, 0.15) is 43.4 Å². The molecule has 0 spiro atoms. The molecule has 0 radical (unpaired) electrons. The fourth-order valence-electron chi connectivity index (χ4n) is 3.68. The zero-order valence-corrected chi connectivity index (χ0v) is 22.9. The topological polar surface area (TPSA) is 86.8 Å². The summed E-state index contributed by atoms with van der Waals surface area (Å²) < 4.78 is 27.3. The number of carbonyl (C=O) groups is 2. The number of amides is 2. The molecule has 0 aliphatic rings. The van der Waals surface area contributed by atoms with E-state index < -0.39 is 16.1 Å². The number of benzene rings is 2. The van der Waals surface area contributed by atoms with Crippen LogP contribution in [0.5, 0.6) is 0 Å². The third kappa shape index (κ3) is 7.56. The van der Waals surface area contributed by atoms with E-state index in [1.54, 1.807) is 17.9 Å². The quantitative estimate of drug-likeness (QED) is 0.454. The lowest BCUT2D eigenvalue weighted by Crippen LogP contribution is -2.47. The van der Waals surface area contributed by atoms with Crippen molar-refractivity contribution < 1.29 is 18.0 Å². The number of halogens is 1. The standard InChI is InChI=1S/C25H34BrN3O4S/c1-6-27-25(31)20(4)28(17-21-12-14-22(26)15-13-21)24(30)11-8-16-29(34(5,32)33)23-10-7-9-18(2)19(23)3/h7,9-10,12-15,20H,6,8,11,16-17H2,1-5H3,(H,27,31). The van der Waals surface area contributed by atoms with Crippen molar-refractivity contribution in [1.29, 1.82) is 0 Å². The molecule has 2 aromatic rings. The van der Waals surface area contributed by atoms with E-state index in [0.29, 0.717) is 18.7 Å². The predicted octanol–water partition coefficient (Wildman–Crippen LogP) is 4.17. The average molecular weight is 553 g/mol. The molecular formula is C25H34BrN3O4S. The van der Waals surface area contributed by atoms with Gasteiger partial charge in [-0.2, -0.15) is 0 Å². The lowest BCUT2D eigenvalue weighted by atomic mass is 10.1. The van der Waals surface area contributed by atoms with E-state index in [9.17, 15) is 18.0 Å². The van der Waals surface area contributed by atoms with Gasteiger partial charge in [-0.1, -0.05) is 40.2 Å². The number of aryl methyl sites for hydroxylation is 1. The minimum absolute atomic E-state index is 0.122. The zero-order valence-electron chi connectivity index (χ0n) is 20.5. The van der Waals surface area contributed by atoms with Crippen LogP contribution in [0.2, 0.25) is 0 Å². The molecule has 7 nitrogen and oxygen atoms in total. The summed E-state index contributed by atoms with van der Waals surface area (Å²) in [6.07, 6.45) is 1.63. The van der Waals surface area contributed by atoms with Crippen LogP contribution in [0.25, 0.3) is 0 Å². The van der Waals surface area contributed by atoms with Crippen LogP contribution in [-0.2, 0) is 26.2 Å². The van der Waals surface area contributed by atoms with Gasteiger partial charge in [-0.15, -0.1) is 0 Å². The van der Waals surface area contributed by atoms with Crippen LogP contribution in [0.15, 0.2) is 46.9 Å². The fraction of sp³-hybridized carbons (Fsp3) is 0.440. The van der Waals surface area contributed by atoms with Gasteiger partial charge in [-0.05, 0) is 69.0 Å². The van der Waals surface area contributed by atoms with Crippen molar-refractivity contribution in [2.24, 2.45) is 0 Å². The summed E-state index contributed by atoms with van der Waals surface area (Å²) in [7, 11) is -3.53. The Morgan fingerprint density at radius 3 is 2.32 bits per heavy atom. The Hall–Kier alpha value is -2.39. The van der Waals surface area contributed by atoms with Gasteiger partial charge in [0.2, 0.25) is 21.8 Å². The van der Waals surface area contributed by atoms with Crippen molar-refractivity contribution in [2.75, 3.05) is 23.7 Å². The minimum Gasteiger partial charge on any atom is -0.355 e. The molecule has 2 rings (SSSR count). The van der Waals surface area contributed by atoms with Crippen molar-refractivity contribution in [3.63, 3.8) is 0 Å². The monoisotopic (exact) mass is 551 g/mol. The highest BCUT2D eigenvalue weighted by molar-refractivity contribution is 9.10. The predicted molar refractivity (Wildman–Crippen MR) is 140 cm³/mol. The highest BCUT2D eigenvalue weighted by atomic mass is 79.9. The first-order valence-electron chi connectivity index (χ1n) is 11.3. The van der Waals surface area contributed by atoms with E-state index in [1.165, 1.54) is 10.6 Å². The first kappa shape index (κ1) is 27.9. The van der Waals surface area contributed by atoms with Gasteiger partial charge in [0.25, 0.3) is 0 Å². The maximum atomic E-state index is 13.2. The van der Waals surface area contributed by atoms with Crippen molar-refractivity contribution >= 4 is 43.5 Å². The lowest BCUT2D eigenvalue weighted by molar-refractivity contribution is -0.140. The Morgan fingerprint density at radius 1 is 1.09 bits per heavy atom. The Kier molecular flexibility index (Phi) is 10.1. The average Bonchev–Trinajstić information content (AvgIpc) is 2.77. The minimum atomic E-state index is -3.53. The first-order valence-corrected chi connectivity index (χ1v) is 13.9. The molecule has 2 amide bonds. The van der Waals surface area contributed by atoms with Gasteiger partial charge in [0.15, 0.2) is 0 Å². The number of nitrogens with one attached hydrogen (secondary N) is 1. The molecular weight excluding hydrogens is 518 g/mol. The van der Waals surface area contributed by atoms with Crippen molar-refractivity contribution in [3.05, 3.63) is 63.6 Å². The number of sulfonamides is 1. The summed E-state index contributed by atoms with van der Waals surface area (Å²) in [5, 5.41) is 2.77. The molecule has 9 heteroatoms. The van der Waals surface area contributed by atoms with E-state index >= 15 is 0 Å². The highest BCUT2D eigenvalue weighted by Crippen LogP contribution is 2.25. The van der Waals surface area contributed by atoms with Gasteiger partial charge in [0.1, 0.15) is 6.04 Å². The molecule has 0 saturated carbocycles. The molecule has 0 aromatic heterocycles. The maximum Gasteiger partial charge on any atom is 0.242 e. The van der Waals surface area contributed by atoms with Crippen molar-refractivity contribution in [2.45, 2.75) is 53.1 Å². The molecule has 0 heterocycles. The third-order valence-corrected chi connectivity index (χ3v) is 7.49. The van der Waals surface area contributed by atoms with Crippen LogP contribution in [0.4, 0.5) is 5.69 Å². The summed E-state index contributed by atoms with van der Waals surface area (Å²) in [5.74, 6) is -0.419. The second kappa shape index (κ2) is 12.4. The number of rotatable bonds is 11. The van der Waals surface area contributed by atoms with Crippen LogP contribution in [-0.4, -0.2) is 50.5 Å². The number of nitrogens with zero attached hydrogens (tertiary/aromatic N) is 2. The number of hydrogen-bond donors (Lipinski definition) is 1. The Bertz CT molecular complexity index is 1100.